The molecule has 0 aliphatic rings. The molecular weight excluding hydrogens is 268 g/mol. The first-order valence-corrected chi connectivity index (χ1v) is 8.06. The van der Waals surface area contributed by atoms with Gasteiger partial charge in [0.1, 0.15) is 0 Å². The van der Waals surface area contributed by atoms with Crippen molar-refractivity contribution in [2.75, 3.05) is 32.3 Å². The lowest BCUT2D eigenvalue weighted by Gasteiger charge is -2.13. The molecule has 0 bridgehead atoms. The molecule has 0 heterocycles. The molecule has 0 spiro atoms. The molecule has 20 heavy (non-hydrogen) atoms. The number of hydrogen-bond acceptors (Lipinski definition) is 3. The van der Waals surface area contributed by atoms with Gasteiger partial charge in [0.25, 0.3) is 0 Å². The fourth-order valence-corrected chi connectivity index (χ4v) is 3.30. The van der Waals surface area contributed by atoms with Gasteiger partial charge in [-0.2, -0.15) is 11.8 Å². The van der Waals surface area contributed by atoms with E-state index < -0.39 is 0 Å². The molecule has 2 aromatic rings. The van der Waals surface area contributed by atoms with Crippen LogP contribution in [0.2, 0.25) is 0 Å². The third-order valence-electron chi connectivity index (χ3n) is 3.39. The van der Waals surface area contributed by atoms with E-state index >= 15 is 0 Å². The molecule has 2 nitrogen and oxygen atoms in total. The molecule has 0 fully saturated rings. The lowest BCUT2D eigenvalue weighted by molar-refractivity contribution is 0.0430. The van der Waals surface area contributed by atoms with Crippen molar-refractivity contribution in [1.82, 2.24) is 0 Å². The summed E-state index contributed by atoms with van der Waals surface area (Å²) in [7, 11) is 3.46. The van der Waals surface area contributed by atoms with E-state index in [1.54, 1.807) is 14.2 Å². The van der Waals surface area contributed by atoms with Crippen LogP contribution >= 0.6 is 11.8 Å². The molecule has 1 unspecified atom stereocenters. The molecule has 0 aromatic heterocycles. The van der Waals surface area contributed by atoms with Crippen LogP contribution in [0.4, 0.5) is 0 Å². The predicted octanol–water partition coefficient (Wildman–Crippen LogP) is 3.78. The summed E-state index contributed by atoms with van der Waals surface area (Å²) in [6, 6.07) is 15.1. The van der Waals surface area contributed by atoms with E-state index in [2.05, 4.69) is 42.5 Å². The van der Waals surface area contributed by atoms with Gasteiger partial charge >= 0.3 is 0 Å². The zero-order chi connectivity index (χ0) is 14.2. The van der Waals surface area contributed by atoms with Crippen molar-refractivity contribution in [1.29, 1.82) is 0 Å². The molecule has 108 valence electrons. The van der Waals surface area contributed by atoms with Crippen LogP contribution in [-0.2, 0) is 15.9 Å². The van der Waals surface area contributed by atoms with Crippen molar-refractivity contribution >= 4 is 22.5 Å². The third-order valence-corrected chi connectivity index (χ3v) is 4.49. The lowest BCUT2D eigenvalue weighted by Crippen LogP contribution is -2.20. The zero-order valence-corrected chi connectivity index (χ0v) is 13.0. The summed E-state index contributed by atoms with van der Waals surface area (Å²) in [5.74, 6) is 2.09. The Morgan fingerprint density at radius 2 is 1.85 bits per heavy atom. The molecule has 0 amide bonds. The Kier molecular flexibility index (Phi) is 6.37. The summed E-state index contributed by atoms with van der Waals surface area (Å²) >= 11 is 1.92. The number of thioether (sulfide) groups is 1. The van der Waals surface area contributed by atoms with Gasteiger partial charge in [0.2, 0.25) is 0 Å². The molecule has 0 saturated heterocycles. The monoisotopic (exact) mass is 290 g/mol. The van der Waals surface area contributed by atoms with E-state index in [-0.39, 0.29) is 6.10 Å². The maximum atomic E-state index is 5.37. The highest BCUT2D eigenvalue weighted by atomic mass is 32.2. The number of hydrogen-bond donors (Lipinski definition) is 0. The SMILES string of the molecule is COCC(CSCCc1cccc2ccccc12)OC. The molecule has 0 aliphatic carbocycles. The standard InChI is InChI=1S/C17H22O2S/c1-18-12-16(19-2)13-20-11-10-15-8-5-7-14-6-3-4-9-17(14)15/h3-9,16H,10-13H2,1-2H3. The van der Waals surface area contributed by atoms with Crippen LogP contribution in [0.15, 0.2) is 42.5 Å². The molecule has 0 saturated carbocycles. The van der Waals surface area contributed by atoms with Crippen LogP contribution in [0.25, 0.3) is 10.8 Å². The second kappa shape index (κ2) is 8.30. The lowest BCUT2D eigenvalue weighted by atomic mass is 10.0. The summed E-state index contributed by atoms with van der Waals surface area (Å²) in [4.78, 5) is 0. The van der Waals surface area contributed by atoms with Gasteiger partial charge in [-0.05, 0) is 28.5 Å². The van der Waals surface area contributed by atoms with Crippen LogP contribution in [0.1, 0.15) is 5.56 Å². The summed E-state index contributed by atoms with van der Waals surface area (Å²) in [5, 5.41) is 2.69. The van der Waals surface area contributed by atoms with Gasteiger partial charge < -0.3 is 9.47 Å². The maximum Gasteiger partial charge on any atom is 0.0894 e. The Morgan fingerprint density at radius 3 is 2.65 bits per heavy atom. The smallest absolute Gasteiger partial charge is 0.0894 e. The highest BCUT2D eigenvalue weighted by Gasteiger charge is 2.07. The van der Waals surface area contributed by atoms with Crippen LogP contribution in [0.3, 0.4) is 0 Å². The van der Waals surface area contributed by atoms with Gasteiger partial charge in [-0.25, -0.2) is 0 Å². The maximum absolute atomic E-state index is 5.37. The predicted molar refractivity (Wildman–Crippen MR) is 87.7 cm³/mol. The summed E-state index contributed by atoms with van der Waals surface area (Å²) in [5.41, 5.74) is 1.43. The Hall–Kier alpha value is -1.03. The molecular formula is C17H22O2S. The summed E-state index contributed by atoms with van der Waals surface area (Å²) in [6.07, 6.45) is 1.28. The van der Waals surface area contributed by atoms with Crippen LogP contribution in [-0.4, -0.2) is 38.4 Å². The summed E-state index contributed by atoms with van der Waals surface area (Å²) in [6.45, 7) is 0.664. The van der Waals surface area contributed by atoms with E-state index in [1.807, 2.05) is 11.8 Å². The number of rotatable bonds is 8. The topological polar surface area (TPSA) is 18.5 Å². The Morgan fingerprint density at radius 1 is 1.05 bits per heavy atom. The van der Waals surface area contributed by atoms with E-state index in [9.17, 15) is 0 Å². The minimum absolute atomic E-state index is 0.192. The average molecular weight is 290 g/mol. The first-order chi connectivity index (χ1) is 9.85. The number of fused-ring (bicyclic) bond motifs is 1. The molecule has 2 rings (SSSR count). The number of ether oxygens (including phenoxy) is 2. The molecule has 1 atom stereocenters. The van der Waals surface area contributed by atoms with Gasteiger partial charge in [0.05, 0.1) is 12.7 Å². The number of aryl methyl sites for hydroxylation is 1. The van der Waals surface area contributed by atoms with Gasteiger partial charge in [-0.15, -0.1) is 0 Å². The van der Waals surface area contributed by atoms with Crippen molar-refractivity contribution in [2.45, 2.75) is 12.5 Å². The molecule has 0 aliphatic heterocycles. The molecule has 2 aromatic carbocycles. The fraction of sp³-hybridized carbons (Fsp3) is 0.412. The highest BCUT2D eigenvalue weighted by Crippen LogP contribution is 2.20. The molecule has 0 radical (unpaired) electrons. The zero-order valence-electron chi connectivity index (χ0n) is 12.2. The van der Waals surface area contributed by atoms with Crippen molar-refractivity contribution in [3.63, 3.8) is 0 Å². The van der Waals surface area contributed by atoms with Crippen molar-refractivity contribution in [3.8, 4) is 0 Å². The normalized spacial score (nSPS) is 12.7. The quantitative estimate of drug-likeness (QED) is 0.689. The Labute approximate surface area is 125 Å². The van der Waals surface area contributed by atoms with Crippen LogP contribution in [0.5, 0.6) is 0 Å². The second-order valence-electron chi connectivity index (χ2n) is 4.78. The van der Waals surface area contributed by atoms with E-state index in [1.165, 1.54) is 16.3 Å². The van der Waals surface area contributed by atoms with E-state index in [0.717, 1.165) is 17.9 Å². The van der Waals surface area contributed by atoms with Gasteiger partial charge in [-0.3, -0.25) is 0 Å². The fourth-order valence-electron chi connectivity index (χ4n) is 2.28. The minimum atomic E-state index is 0.192. The highest BCUT2D eigenvalue weighted by molar-refractivity contribution is 7.99. The largest absolute Gasteiger partial charge is 0.382 e. The number of methoxy groups -OCH3 is 2. The molecule has 0 N–H and O–H groups in total. The number of benzene rings is 2. The van der Waals surface area contributed by atoms with E-state index in [4.69, 9.17) is 9.47 Å². The van der Waals surface area contributed by atoms with E-state index in [0.29, 0.717) is 6.61 Å². The first-order valence-electron chi connectivity index (χ1n) is 6.91. The van der Waals surface area contributed by atoms with Crippen molar-refractivity contribution in [2.24, 2.45) is 0 Å². The second-order valence-corrected chi connectivity index (χ2v) is 5.93. The third kappa shape index (κ3) is 4.23. The van der Waals surface area contributed by atoms with Crippen LogP contribution < -0.4 is 0 Å². The Balaban J connectivity index is 1.87. The average Bonchev–Trinajstić information content (AvgIpc) is 2.50. The Bertz CT molecular complexity index is 522. The molecule has 3 heteroatoms. The minimum Gasteiger partial charge on any atom is -0.382 e. The first kappa shape index (κ1) is 15.4. The summed E-state index contributed by atoms with van der Waals surface area (Å²) < 4.78 is 10.5. The van der Waals surface area contributed by atoms with Crippen molar-refractivity contribution < 1.29 is 9.47 Å². The van der Waals surface area contributed by atoms with Crippen molar-refractivity contribution in [3.05, 3.63) is 48.0 Å². The van der Waals surface area contributed by atoms with Crippen LogP contribution in [0, 0.1) is 0 Å². The van der Waals surface area contributed by atoms with Gasteiger partial charge in [0, 0.05) is 20.0 Å². The van der Waals surface area contributed by atoms with Gasteiger partial charge in [0.15, 0.2) is 0 Å². The van der Waals surface area contributed by atoms with Gasteiger partial charge in [-0.1, -0.05) is 42.5 Å².